The molecule has 0 aliphatic carbocycles. The summed E-state index contributed by atoms with van der Waals surface area (Å²) in [6.45, 7) is 2.88. The molecule has 1 aromatic carbocycles. The van der Waals surface area contributed by atoms with Crippen LogP contribution in [0.2, 0.25) is 5.02 Å². The number of hydrogen-bond acceptors (Lipinski definition) is 4. The summed E-state index contributed by atoms with van der Waals surface area (Å²) in [4.78, 5) is 12.1. The van der Waals surface area contributed by atoms with Crippen LogP contribution in [0.5, 0.6) is 0 Å². The zero-order chi connectivity index (χ0) is 15.2. The summed E-state index contributed by atoms with van der Waals surface area (Å²) in [5, 5.41) is 14.2. The van der Waals surface area contributed by atoms with E-state index < -0.39 is 0 Å². The summed E-state index contributed by atoms with van der Waals surface area (Å²) < 4.78 is 0.745. The number of halogens is 2. The van der Waals surface area contributed by atoms with Gasteiger partial charge in [-0.3, -0.25) is 4.79 Å². The smallest absolute Gasteiger partial charge is 0.276 e. The second kappa shape index (κ2) is 7.38. The molecule has 0 radical (unpaired) electrons. The van der Waals surface area contributed by atoms with Gasteiger partial charge in [0, 0.05) is 16.0 Å². The Morgan fingerprint density at radius 2 is 2.10 bits per heavy atom. The quantitative estimate of drug-likeness (QED) is 0.837. The van der Waals surface area contributed by atoms with Gasteiger partial charge >= 0.3 is 0 Å². The lowest BCUT2D eigenvalue weighted by atomic mass is 10.3. The van der Waals surface area contributed by atoms with Crippen LogP contribution in [0.3, 0.4) is 0 Å². The van der Waals surface area contributed by atoms with E-state index in [9.17, 15) is 4.79 Å². The maximum absolute atomic E-state index is 12.1. The van der Waals surface area contributed by atoms with Crippen LogP contribution in [-0.2, 0) is 0 Å². The van der Waals surface area contributed by atoms with Crippen molar-refractivity contribution in [2.45, 2.75) is 13.3 Å². The predicted molar refractivity (Wildman–Crippen MR) is 87.9 cm³/mol. The average Bonchev–Trinajstić information content (AvgIpc) is 2.49. The van der Waals surface area contributed by atoms with Crippen molar-refractivity contribution in [3.63, 3.8) is 0 Å². The normalized spacial score (nSPS) is 10.2. The van der Waals surface area contributed by atoms with E-state index in [-0.39, 0.29) is 11.6 Å². The van der Waals surface area contributed by atoms with Crippen molar-refractivity contribution in [2.24, 2.45) is 0 Å². The number of carbonyl (C=O) groups is 1. The van der Waals surface area contributed by atoms with Crippen molar-refractivity contribution in [3.8, 4) is 0 Å². The first kappa shape index (κ1) is 15.7. The Balaban J connectivity index is 2.07. The van der Waals surface area contributed by atoms with E-state index >= 15 is 0 Å². The summed E-state index contributed by atoms with van der Waals surface area (Å²) in [5.41, 5.74) is 0.825. The van der Waals surface area contributed by atoms with Crippen LogP contribution in [0.25, 0.3) is 0 Å². The summed E-state index contributed by atoms with van der Waals surface area (Å²) in [7, 11) is 0. The molecular formula is C14H14BrClN4O. The van der Waals surface area contributed by atoms with Crippen LogP contribution in [0.15, 0.2) is 34.8 Å². The van der Waals surface area contributed by atoms with Gasteiger partial charge in [-0.05, 0) is 52.7 Å². The molecule has 0 bridgehead atoms. The molecule has 7 heteroatoms. The number of amides is 1. The van der Waals surface area contributed by atoms with Crippen molar-refractivity contribution in [1.82, 2.24) is 10.2 Å². The second-order valence-electron chi connectivity index (χ2n) is 4.31. The Hall–Kier alpha value is -1.66. The number of anilines is 2. The van der Waals surface area contributed by atoms with Gasteiger partial charge in [-0.2, -0.15) is 0 Å². The molecule has 0 fully saturated rings. The van der Waals surface area contributed by atoms with Gasteiger partial charge in [0.1, 0.15) is 5.82 Å². The summed E-state index contributed by atoms with van der Waals surface area (Å²) in [6, 6.07) is 8.51. The number of aromatic nitrogens is 2. The average molecular weight is 370 g/mol. The van der Waals surface area contributed by atoms with E-state index in [1.165, 1.54) is 0 Å². The molecule has 0 aliphatic rings. The van der Waals surface area contributed by atoms with Crippen LogP contribution < -0.4 is 10.6 Å². The van der Waals surface area contributed by atoms with Crippen LogP contribution in [0.1, 0.15) is 23.8 Å². The zero-order valence-corrected chi connectivity index (χ0v) is 13.7. The molecule has 0 unspecified atom stereocenters. The lowest BCUT2D eigenvalue weighted by Crippen LogP contribution is -2.15. The third-order valence-corrected chi connectivity index (χ3v) is 3.56. The minimum Gasteiger partial charge on any atom is -0.369 e. The monoisotopic (exact) mass is 368 g/mol. The fourth-order valence-corrected chi connectivity index (χ4v) is 2.10. The third kappa shape index (κ3) is 4.41. The van der Waals surface area contributed by atoms with E-state index in [0.717, 1.165) is 17.4 Å². The van der Waals surface area contributed by atoms with Gasteiger partial charge in [0.25, 0.3) is 5.91 Å². The highest BCUT2D eigenvalue weighted by Gasteiger charge is 2.11. The Labute approximate surface area is 136 Å². The van der Waals surface area contributed by atoms with Gasteiger partial charge in [-0.25, -0.2) is 0 Å². The molecule has 0 spiro atoms. The first-order chi connectivity index (χ1) is 10.1. The van der Waals surface area contributed by atoms with Gasteiger partial charge in [-0.15, -0.1) is 10.2 Å². The maximum Gasteiger partial charge on any atom is 0.276 e. The van der Waals surface area contributed by atoms with Crippen LogP contribution >= 0.6 is 27.5 Å². The highest BCUT2D eigenvalue weighted by molar-refractivity contribution is 9.10. The summed E-state index contributed by atoms with van der Waals surface area (Å²) >= 11 is 9.26. The molecular weight excluding hydrogens is 356 g/mol. The Morgan fingerprint density at radius 1 is 1.29 bits per heavy atom. The maximum atomic E-state index is 12.1. The lowest BCUT2D eigenvalue weighted by Gasteiger charge is -2.08. The number of rotatable bonds is 5. The molecule has 1 amide bonds. The Bertz CT molecular complexity index is 633. The van der Waals surface area contributed by atoms with Gasteiger partial charge in [0.15, 0.2) is 5.69 Å². The van der Waals surface area contributed by atoms with Gasteiger partial charge in [0.05, 0.1) is 5.69 Å². The SMILES string of the molecule is CCCNc1ccc(C(=O)Nc2cc(Cl)ccc2Br)nn1. The van der Waals surface area contributed by atoms with Crippen LogP contribution in [0, 0.1) is 0 Å². The molecule has 1 aromatic heterocycles. The Kier molecular flexibility index (Phi) is 5.52. The van der Waals surface area contributed by atoms with Gasteiger partial charge in [-0.1, -0.05) is 18.5 Å². The molecule has 2 N–H and O–H groups in total. The number of nitrogens with zero attached hydrogens (tertiary/aromatic N) is 2. The molecule has 5 nitrogen and oxygen atoms in total. The molecule has 110 valence electrons. The highest BCUT2D eigenvalue weighted by Crippen LogP contribution is 2.26. The lowest BCUT2D eigenvalue weighted by molar-refractivity contribution is 0.102. The molecule has 2 rings (SSSR count). The van der Waals surface area contributed by atoms with Crippen molar-refractivity contribution < 1.29 is 4.79 Å². The number of carbonyl (C=O) groups excluding carboxylic acids is 1. The molecule has 0 aliphatic heterocycles. The first-order valence-corrected chi connectivity index (χ1v) is 7.61. The highest BCUT2D eigenvalue weighted by atomic mass is 79.9. The Morgan fingerprint density at radius 3 is 2.76 bits per heavy atom. The standard InChI is InChI=1S/C14H14BrClN4O/c1-2-7-17-13-6-5-11(19-20-13)14(21)18-12-8-9(16)3-4-10(12)15/h3-6,8H,2,7H2,1H3,(H,17,20)(H,18,21). The van der Waals surface area contributed by atoms with Crippen molar-refractivity contribution >= 4 is 44.9 Å². The predicted octanol–water partition coefficient (Wildman–Crippen LogP) is 3.97. The van der Waals surface area contributed by atoms with E-state index in [0.29, 0.717) is 16.5 Å². The number of benzene rings is 1. The van der Waals surface area contributed by atoms with Crippen molar-refractivity contribution in [1.29, 1.82) is 0 Å². The summed E-state index contributed by atoms with van der Waals surface area (Å²) in [5.74, 6) is 0.310. The summed E-state index contributed by atoms with van der Waals surface area (Å²) in [6.07, 6.45) is 0.993. The third-order valence-electron chi connectivity index (χ3n) is 2.63. The largest absolute Gasteiger partial charge is 0.369 e. The minimum absolute atomic E-state index is 0.240. The number of nitrogens with one attached hydrogen (secondary N) is 2. The van der Waals surface area contributed by atoms with E-state index in [1.54, 1.807) is 30.3 Å². The second-order valence-corrected chi connectivity index (χ2v) is 5.60. The van der Waals surface area contributed by atoms with Crippen molar-refractivity contribution in [2.75, 3.05) is 17.2 Å². The molecule has 21 heavy (non-hydrogen) atoms. The number of hydrogen-bond donors (Lipinski definition) is 2. The molecule has 2 aromatic rings. The topological polar surface area (TPSA) is 66.9 Å². The van der Waals surface area contributed by atoms with E-state index in [4.69, 9.17) is 11.6 Å². The van der Waals surface area contributed by atoms with Gasteiger partial charge in [0.2, 0.25) is 0 Å². The zero-order valence-electron chi connectivity index (χ0n) is 11.4. The molecule has 1 heterocycles. The van der Waals surface area contributed by atoms with E-state index in [1.807, 2.05) is 0 Å². The first-order valence-electron chi connectivity index (χ1n) is 6.44. The van der Waals surface area contributed by atoms with Gasteiger partial charge < -0.3 is 10.6 Å². The fourth-order valence-electron chi connectivity index (χ4n) is 1.58. The molecule has 0 saturated carbocycles. The van der Waals surface area contributed by atoms with E-state index in [2.05, 4.69) is 43.7 Å². The fraction of sp³-hybridized carbons (Fsp3) is 0.214. The van der Waals surface area contributed by atoms with Crippen LogP contribution in [-0.4, -0.2) is 22.6 Å². The van der Waals surface area contributed by atoms with Crippen molar-refractivity contribution in [3.05, 3.63) is 45.5 Å². The minimum atomic E-state index is -0.340. The molecule has 0 saturated heterocycles. The molecule has 0 atom stereocenters. The van der Waals surface area contributed by atoms with Crippen LogP contribution in [0.4, 0.5) is 11.5 Å².